The van der Waals surface area contributed by atoms with Gasteiger partial charge in [0, 0.05) is 0 Å². The van der Waals surface area contributed by atoms with Crippen LogP contribution in [0.3, 0.4) is 0 Å². The number of amides is 2. The Kier molecular flexibility index (Phi) is 3.27. The molecule has 1 aromatic rings. The highest BCUT2D eigenvalue weighted by Crippen LogP contribution is 2.45. The number of carbonyl (C=O) groups excluding carboxylic acids is 2. The van der Waals surface area contributed by atoms with Gasteiger partial charge in [0.1, 0.15) is 0 Å². The van der Waals surface area contributed by atoms with Crippen molar-refractivity contribution in [3.8, 4) is 0 Å². The number of carbonyl (C=O) groups is 3. The Bertz CT molecular complexity index is 600. The second kappa shape index (κ2) is 4.98. The maximum atomic E-state index is 12.5. The third-order valence-electron chi connectivity index (χ3n) is 4.66. The number of anilines is 1. The summed E-state index contributed by atoms with van der Waals surface area (Å²) in [5.41, 5.74) is 0.448. The third kappa shape index (κ3) is 2.13. The first-order valence-corrected chi connectivity index (χ1v) is 7.24. The maximum absolute atomic E-state index is 12.5. The molecule has 0 aromatic heterocycles. The molecule has 110 valence electrons. The number of hydrogen-bond acceptors (Lipinski definition) is 3. The van der Waals surface area contributed by atoms with Gasteiger partial charge in [0.15, 0.2) is 0 Å². The van der Waals surface area contributed by atoms with Crippen LogP contribution in [0.2, 0.25) is 0 Å². The number of benzene rings is 1. The van der Waals surface area contributed by atoms with E-state index in [1.807, 2.05) is 0 Å². The van der Waals surface area contributed by atoms with Crippen LogP contribution in [0.4, 0.5) is 5.69 Å². The van der Waals surface area contributed by atoms with Crippen molar-refractivity contribution in [3.63, 3.8) is 0 Å². The molecule has 5 nitrogen and oxygen atoms in total. The van der Waals surface area contributed by atoms with E-state index in [1.54, 1.807) is 12.1 Å². The topological polar surface area (TPSA) is 74.7 Å². The summed E-state index contributed by atoms with van der Waals surface area (Å²) in [5.74, 6) is -1.43. The monoisotopic (exact) mass is 287 g/mol. The van der Waals surface area contributed by atoms with Gasteiger partial charge in [0.05, 0.1) is 23.1 Å². The van der Waals surface area contributed by atoms with Crippen LogP contribution in [0.1, 0.15) is 36.5 Å². The highest BCUT2D eigenvalue weighted by molar-refractivity contribution is 6.22. The van der Waals surface area contributed by atoms with E-state index < -0.39 is 5.97 Å². The summed E-state index contributed by atoms with van der Waals surface area (Å²) in [6.07, 6.45) is 2.52. The van der Waals surface area contributed by atoms with Crippen LogP contribution < -0.4 is 4.90 Å². The summed E-state index contributed by atoms with van der Waals surface area (Å²) >= 11 is 0. The molecule has 2 atom stereocenters. The standard InChI is InChI=1S/C16H17NO4/c1-2-9-6-12-13(7-9)15(19)17(14(12)18)11-5-3-4-10(8-11)16(20)21/h3-5,8-9,12-13H,2,6-7H2,1H3,(H,20,21). The highest BCUT2D eigenvalue weighted by atomic mass is 16.4. The Balaban J connectivity index is 1.91. The molecular formula is C16H17NO4. The van der Waals surface area contributed by atoms with E-state index in [9.17, 15) is 14.4 Å². The number of fused-ring (bicyclic) bond motifs is 1. The van der Waals surface area contributed by atoms with Gasteiger partial charge in [-0.05, 0) is 37.0 Å². The minimum Gasteiger partial charge on any atom is -0.478 e. The SMILES string of the molecule is CCC1CC2C(=O)N(c3cccc(C(=O)O)c3)C(=O)C2C1. The van der Waals surface area contributed by atoms with E-state index in [0.29, 0.717) is 11.6 Å². The van der Waals surface area contributed by atoms with Crippen LogP contribution in [-0.2, 0) is 9.59 Å². The molecule has 0 spiro atoms. The Morgan fingerprint density at radius 2 is 1.86 bits per heavy atom. The second-order valence-electron chi connectivity index (χ2n) is 5.83. The molecule has 3 rings (SSSR count). The minimum atomic E-state index is -1.07. The molecule has 1 aliphatic heterocycles. The van der Waals surface area contributed by atoms with Gasteiger partial charge in [0.25, 0.3) is 0 Å². The van der Waals surface area contributed by atoms with Gasteiger partial charge >= 0.3 is 5.97 Å². The van der Waals surface area contributed by atoms with E-state index in [1.165, 1.54) is 17.0 Å². The van der Waals surface area contributed by atoms with E-state index in [4.69, 9.17) is 5.11 Å². The maximum Gasteiger partial charge on any atom is 0.335 e. The van der Waals surface area contributed by atoms with Crippen molar-refractivity contribution in [3.05, 3.63) is 29.8 Å². The lowest BCUT2D eigenvalue weighted by atomic mass is 10.00. The number of nitrogens with zero attached hydrogens (tertiary/aromatic N) is 1. The number of rotatable bonds is 3. The molecule has 1 saturated carbocycles. The second-order valence-corrected chi connectivity index (χ2v) is 5.83. The molecular weight excluding hydrogens is 270 g/mol. The van der Waals surface area contributed by atoms with Crippen molar-refractivity contribution in [2.75, 3.05) is 4.90 Å². The molecule has 0 radical (unpaired) electrons. The molecule has 2 fully saturated rings. The van der Waals surface area contributed by atoms with Crippen LogP contribution >= 0.6 is 0 Å². The fraction of sp³-hybridized carbons (Fsp3) is 0.438. The Labute approximate surface area is 122 Å². The smallest absolute Gasteiger partial charge is 0.335 e. The fourth-order valence-corrected chi connectivity index (χ4v) is 3.49. The van der Waals surface area contributed by atoms with Gasteiger partial charge in [-0.15, -0.1) is 0 Å². The van der Waals surface area contributed by atoms with Crippen molar-refractivity contribution in [2.24, 2.45) is 17.8 Å². The fourth-order valence-electron chi connectivity index (χ4n) is 3.49. The highest BCUT2D eigenvalue weighted by Gasteiger charge is 2.52. The first kappa shape index (κ1) is 13.8. The number of hydrogen-bond donors (Lipinski definition) is 1. The summed E-state index contributed by atoms with van der Waals surface area (Å²) in [6.45, 7) is 2.08. The van der Waals surface area contributed by atoms with Gasteiger partial charge < -0.3 is 5.11 Å². The van der Waals surface area contributed by atoms with Crippen molar-refractivity contribution in [2.45, 2.75) is 26.2 Å². The van der Waals surface area contributed by atoms with Crippen molar-refractivity contribution >= 4 is 23.5 Å². The van der Waals surface area contributed by atoms with Crippen molar-refractivity contribution in [1.82, 2.24) is 0 Å². The minimum absolute atomic E-state index is 0.0802. The summed E-state index contributed by atoms with van der Waals surface area (Å²) in [5, 5.41) is 9.02. The molecule has 0 bridgehead atoms. The Morgan fingerprint density at radius 3 is 2.38 bits per heavy atom. The van der Waals surface area contributed by atoms with Gasteiger partial charge in [-0.25, -0.2) is 4.79 Å². The van der Waals surface area contributed by atoms with E-state index in [2.05, 4.69) is 6.92 Å². The first-order chi connectivity index (χ1) is 10.0. The molecule has 2 unspecified atom stereocenters. The number of carboxylic acid groups (broad SMARTS) is 1. The summed E-state index contributed by atoms with van der Waals surface area (Å²) in [6, 6.07) is 6.00. The van der Waals surface area contributed by atoms with Crippen LogP contribution in [0.25, 0.3) is 0 Å². The molecule has 1 aromatic carbocycles. The zero-order valence-electron chi connectivity index (χ0n) is 11.8. The predicted octanol–water partition coefficient (Wildman–Crippen LogP) is 2.31. The molecule has 1 N–H and O–H groups in total. The molecule has 5 heteroatoms. The lowest BCUT2D eigenvalue weighted by Gasteiger charge is -2.17. The van der Waals surface area contributed by atoms with Gasteiger partial charge in [-0.1, -0.05) is 19.4 Å². The van der Waals surface area contributed by atoms with Crippen LogP contribution in [0, 0.1) is 17.8 Å². The average Bonchev–Trinajstić information content (AvgIpc) is 3.00. The Morgan fingerprint density at radius 1 is 1.24 bits per heavy atom. The van der Waals surface area contributed by atoms with Gasteiger partial charge in [-0.2, -0.15) is 0 Å². The normalized spacial score (nSPS) is 28.0. The largest absolute Gasteiger partial charge is 0.478 e. The number of imide groups is 1. The molecule has 2 aliphatic rings. The zero-order chi connectivity index (χ0) is 15.1. The molecule has 1 saturated heterocycles. The van der Waals surface area contributed by atoms with Crippen molar-refractivity contribution in [1.29, 1.82) is 0 Å². The quantitative estimate of drug-likeness (QED) is 0.866. The molecule has 1 heterocycles. The summed E-state index contributed by atoms with van der Waals surface area (Å²) < 4.78 is 0. The Hall–Kier alpha value is -2.17. The first-order valence-electron chi connectivity index (χ1n) is 7.24. The molecule has 2 amide bonds. The lowest BCUT2D eigenvalue weighted by molar-refractivity contribution is -0.123. The average molecular weight is 287 g/mol. The van der Waals surface area contributed by atoms with E-state index >= 15 is 0 Å². The van der Waals surface area contributed by atoms with Crippen LogP contribution in [-0.4, -0.2) is 22.9 Å². The van der Waals surface area contributed by atoms with Gasteiger partial charge in [0.2, 0.25) is 11.8 Å². The molecule has 1 aliphatic carbocycles. The van der Waals surface area contributed by atoms with Crippen LogP contribution in [0.15, 0.2) is 24.3 Å². The zero-order valence-corrected chi connectivity index (χ0v) is 11.8. The number of aromatic carboxylic acids is 1. The van der Waals surface area contributed by atoms with E-state index in [-0.39, 0.29) is 29.2 Å². The summed E-state index contributed by atoms with van der Waals surface area (Å²) in [4.78, 5) is 37.2. The third-order valence-corrected chi connectivity index (χ3v) is 4.66. The van der Waals surface area contributed by atoms with E-state index in [0.717, 1.165) is 19.3 Å². The number of carboxylic acids is 1. The lowest BCUT2D eigenvalue weighted by Crippen LogP contribution is -2.32. The van der Waals surface area contributed by atoms with Crippen LogP contribution in [0.5, 0.6) is 0 Å². The van der Waals surface area contributed by atoms with Crippen molar-refractivity contribution < 1.29 is 19.5 Å². The molecule has 21 heavy (non-hydrogen) atoms. The summed E-state index contributed by atoms with van der Waals surface area (Å²) in [7, 11) is 0. The van der Waals surface area contributed by atoms with Gasteiger partial charge in [-0.3, -0.25) is 14.5 Å². The predicted molar refractivity (Wildman–Crippen MR) is 75.9 cm³/mol.